The topological polar surface area (TPSA) is 84.2 Å². The van der Waals surface area contributed by atoms with E-state index in [0.717, 1.165) is 0 Å². The average Bonchev–Trinajstić information content (AvgIpc) is 2.86. The second-order valence-corrected chi connectivity index (χ2v) is 5.20. The molecule has 1 rings (SSSR count). The van der Waals surface area contributed by atoms with Crippen molar-refractivity contribution < 1.29 is 9.59 Å². The first-order valence-corrected chi connectivity index (χ1v) is 6.76. The fraction of sp³-hybridized carbons (Fsp3) is 0.500. The highest BCUT2D eigenvalue weighted by molar-refractivity contribution is 7.12. The first-order chi connectivity index (χ1) is 8.56. The van der Waals surface area contributed by atoms with E-state index < -0.39 is 6.04 Å². The third kappa shape index (κ3) is 4.12. The summed E-state index contributed by atoms with van der Waals surface area (Å²) in [6.07, 6.45) is 0. The Kier molecular flexibility index (Phi) is 5.80. The van der Waals surface area contributed by atoms with Crippen molar-refractivity contribution >= 4 is 23.2 Å². The van der Waals surface area contributed by atoms with Crippen molar-refractivity contribution in [1.82, 2.24) is 10.6 Å². The molecule has 4 N–H and O–H groups in total. The van der Waals surface area contributed by atoms with Crippen molar-refractivity contribution in [1.29, 1.82) is 0 Å². The fourth-order valence-corrected chi connectivity index (χ4v) is 2.09. The van der Waals surface area contributed by atoms with Gasteiger partial charge in [-0.15, -0.1) is 11.3 Å². The minimum Gasteiger partial charge on any atom is -0.353 e. The lowest BCUT2D eigenvalue weighted by Crippen LogP contribution is -2.50. The van der Waals surface area contributed by atoms with E-state index in [2.05, 4.69) is 10.6 Å². The van der Waals surface area contributed by atoms with Gasteiger partial charge in [0, 0.05) is 13.1 Å². The molecule has 1 atom stereocenters. The Balaban J connectivity index is 2.63. The number of nitrogens with one attached hydrogen (secondary N) is 2. The first kappa shape index (κ1) is 14.7. The summed E-state index contributed by atoms with van der Waals surface area (Å²) < 4.78 is 0. The summed E-state index contributed by atoms with van der Waals surface area (Å²) in [6, 6.07) is 3.00. The molecule has 1 aromatic rings. The summed E-state index contributed by atoms with van der Waals surface area (Å²) in [4.78, 5) is 24.4. The highest BCUT2D eigenvalue weighted by Gasteiger charge is 2.24. The van der Waals surface area contributed by atoms with Crippen LogP contribution in [-0.2, 0) is 4.79 Å². The standard InChI is InChI=1S/C12H19N3O2S/c1-8(2)10(12(17)14-6-5-13)15-11(16)9-4-3-7-18-9/h3-4,7-8,10H,5-6,13H2,1-2H3,(H,14,17)(H,15,16). The molecule has 0 aliphatic carbocycles. The van der Waals surface area contributed by atoms with Gasteiger partial charge in [0.1, 0.15) is 6.04 Å². The summed E-state index contributed by atoms with van der Waals surface area (Å²) in [5.41, 5.74) is 5.33. The van der Waals surface area contributed by atoms with Crippen LogP contribution in [0.3, 0.4) is 0 Å². The van der Waals surface area contributed by atoms with Gasteiger partial charge in [-0.05, 0) is 17.4 Å². The predicted molar refractivity (Wildman–Crippen MR) is 72.5 cm³/mol. The fourth-order valence-electron chi connectivity index (χ4n) is 1.46. The van der Waals surface area contributed by atoms with Crippen LogP contribution in [-0.4, -0.2) is 30.9 Å². The van der Waals surface area contributed by atoms with E-state index in [4.69, 9.17) is 5.73 Å². The molecule has 5 nitrogen and oxygen atoms in total. The molecule has 0 saturated heterocycles. The smallest absolute Gasteiger partial charge is 0.262 e. The second kappa shape index (κ2) is 7.13. The Morgan fingerprint density at radius 3 is 2.67 bits per heavy atom. The van der Waals surface area contributed by atoms with Gasteiger partial charge in [0.15, 0.2) is 0 Å². The maximum atomic E-state index is 11.9. The molecular formula is C12H19N3O2S. The number of amides is 2. The highest BCUT2D eigenvalue weighted by atomic mass is 32.1. The van der Waals surface area contributed by atoms with Crippen LogP contribution >= 0.6 is 11.3 Å². The van der Waals surface area contributed by atoms with Gasteiger partial charge in [0.2, 0.25) is 5.91 Å². The summed E-state index contributed by atoms with van der Waals surface area (Å²) >= 11 is 1.35. The van der Waals surface area contributed by atoms with E-state index in [1.807, 2.05) is 19.2 Å². The van der Waals surface area contributed by atoms with Gasteiger partial charge in [-0.1, -0.05) is 19.9 Å². The van der Waals surface area contributed by atoms with E-state index in [0.29, 0.717) is 18.0 Å². The van der Waals surface area contributed by atoms with Crippen molar-refractivity contribution in [3.63, 3.8) is 0 Å². The normalized spacial score (nSPS) is 12.2. The lowest BCUT2D eigenvalue weighted by atomic mass is 10.0. The molecule has 6 heteroatoms. The molecule has 100 valence electrons. The van der Waals surface area contributed by atoms with Crippen molar-refractivity contribution in [2.24, 2.45) is 11.7 Å². The number of hydrogen-bond acceptors (Lipinski definition) is 4. The van der Waals surface area contributed by atoms with Crippen molar-refractivity contribution in [3.05, 3.63) is 22.4 Å². The van der Waals surface area contributed by atoms with Gasteiger partial charge in [-0.25, -0.2) is 0 Å². The molecule has 0 aromatic carbocycles. The first-order valence-electron chi connectivity index (χ1n) is 5.88. The van der Waals surface area contributed by atoms with Crippen LogP contribution in [0.25, 0.3) is 0 Å². The molecule has 1 aromatic heterocycles. The van der Waals surface area contributed by atoms with Crippen LogP contribution in [0.2, 0.25) is 0 Å². The molecule has 1 heterocycles. The van der Waals surface area contributed by atoms with Gasteiger partial charge in [0.05, 0.1) is 4.88 Å². The molecule has 18 heavy (non-hydrogen) atoms. The Bertz CT molecular complexity index is 390. The van der Waals surface area contributed by atoms with Gasteiger partial charge in [-0.2, -0.15) is 0 Å². The van der Waals surface area contributed by atoms with E-state index in [1.54, 1.807) is 12.1 Å². The van der Waals surface area contributed by atoms with Crippen LogP contribution in [0, 0.1) is 5.92 Å². The van der Waals surface area contributed by atoms with E-state index in [1.165, 1.54) is 11.3 Å². The molecule has 0 saturated carbocycles. The number of carbonyl (C=O) groups excluding carboxylic acids is 2. The largest absolute Gasteiger partial charge is 0.353 e. The van der Waals surface area contributed by atoms with Crippen LogP contribution in [0.4, 0.5) is 0 Å². The van der Waals surface area contributed by atoms with Crippen molar-refractivity contribution in [3.8, 4) is 0 Å². The Morgan fingerprint density at radius 1 is 1.44 bits per heavy atom. The molecule has 0 bridgehead atoms. The summed E-state index contributed by atoms with van der Waals surface area (Å²) in [7, 11) is 0. The average molecular weight is 269 g/mol. The van der Waals surface area contributed by atoms with E-state index >= 15 is 0 Å². The number of thiophene rings is 1. The molecule has 0 fully saturated rings. The maximum absolute atomic E-state index is 11.9. The third-order valence-electron chi connectivity index (χ3n) is 2.42. The zero-order chi connectivity index (χ0) is 13.5. The lowest BCUT2D eigenvalue weighted by molar-refractivity contribution is -0.123. The minimum atomic E-state index is -0.536. The number of carbonyl (C=O) groups is 2. The van der Waals surface area contributed by atoms with Gasteiger partial charge in [0.25, 0.3) is 5.91 Å². The van der Waals surface area contributed by atoms with Crippen LogP contribution in [0.5, 0.6) is 0 Å². The molecule has 0 radical (unpaired) electrons. The Morgan fingerprint density at radius 2 is 2.17 bits per heavy atom. The SMILES string of the molecule is CC(C)C(NC(=O)c1cccs1)C(=O)NCCN. The van der Waals surface area contributed by atoms with Gasteiger partial charge in [-0.3, -0.25) is 9.59 Å². The Labute approximate surface area is 111 Å². The molecule has 2 amide bonds. The van der Waals surface area contributed by atoms with Crippen LogP contribution < -0.4 is 16.4 Å². The van der Waals surface area contributed by atoms with E-state index in [9.17, 15) is 9.59 Å². The molecular weight excluding hydrogens is 250 g/mol. The van der Waals surface area contributed by atoms with Gasteiger partial charge < -0.3 is 16.4 Å². The molecule has 0 aliphatic rings. The zero-order valence-corrected chi connectivity index (χ0v) is 11.4. The number of hydrogen-bond donors (Lipinski definition) is 3. The molecule has 0 spiro atoms. The highest BCUT2D eigenvalue weighted by Crippen LogP contribution is 2.10. The Hall–Kier alpha value is -1.40. The molecule has 1 unspecified atom stereocenters. The predicted octanol–water partition coefficient (Wildman–Crippen LogP) is 0.577. The third-order valence-corrected chi connectivity index (χ3v) is 3.29. The van der Waals surface area contributed by atoms with E-state index in [-0.39, 0.29) is 17.7 Å². The number of nitrogens with two attached hydrogens (primary N) is 1. The summed E-state index contributed by atoms with van der Waals surface area (Å²) in [5.74, 6) is -0.390. The minimum absolute atomic E-state index is 0.0201. The summed E-state index contributed by atoms with van der Waals surface area (Å²) in [6.45, 7) is 4.58. The van der Waals surface area contributed by atoms with Gasteiger partial charge >= 0.3 is 0 Å². The van der Waals surface area contributed by atoms with Crippen molar-refractivity contribution in [2.45, 2.75) is 19.9 Å². The summed E-state index contributed by atoms with van der Waals surface area (Å²) in [5, 5.41) is 7.26. The quantitative estimate of drug-likeness (QED) is 0.706. The molecule has 0 aliphatic heterocycles. The lowest BCUT2D eigenvalue weighted by Gasteiger charge is -2.21. The van der Waals surface area contributed by atoms with Crippen LogP contribution in [0.15, 0.2) is 17.5 Å². The zero-order valence-electron chi connectivity index (χ0n) is 10.6. The monoisotopic (exact) mass is 269 g/mol. The maximum Gasteiger partial charge on any atom is 0.262 e. The number of rotatable bonds is 6. The van der Waals surface area contributed by atoms with Crippen molar-refractivity contribution in [2.75, 3.05) is 13.1 Å². The van der Waals surface area contributed by atoms with Crippen LogP contribution in [0.1, 0.15) is 23.5 Å². The second-order valence-electron chi connectivity index (χ2n) is 4.25.